The third-order valence-corrected chi connectivity index (χ3v) is 4.07. The average molecular weight is 315 g/mol. The quantitative estimate of drug-likeness (QED) is 0.835. The highest BCUT2D eigenvalue weighted by molar-refractivity contribution is 5.95. The first-order chi connectivity index (χ1) is 11.1. The summed E-state index contributed by atoms with van der Waals surface area (Å²) in [6.45, 7) is 5.66. The van der Waals surface area contributed by atoms with E-state index < -0.39 is 0 Å². The molecule has 0 radical (unpaired) electrons. The molecule has 1 fully saturated rings. The van der Waals surface area contributed by atoms with Crippen LogP contribution in [0.3, 0.4) is 0 Å². The Morgan fingerprint density at radius 3 is 2.43 bits per heavy atom. The molecular formula is C18H25N3O2. The molecule has 124 valence electrons. The summed E-state index contributed by atoms with van der Waals surface area (Å²) >= 11 is 0. The maximum Gasteiger partial charge on any atom is 0.244 e. The Bertz CT molecular complexity index is 561. The number of carbonyl (C=O) groups excluding carboxylic acids is 2. The van der Waals surface area contributed by atoms with E-state index in [0.29, 0.717) is 13.0 Å². The van der Waals surface area contributed by atoms with E-state index in [9.17, 15) is 9.59 Å². The standard InChI is InChI=1S/C18H25N3O2/c1-15(16-6-4-3-5-7-16)14-17(22)19-9-8-18(23)21-12-10-20(2)11-13-21/h3-7,14H,8-13H2,1-2H3,(H,19,22). The number of carbonyl (C=O) groups is 2. The molecule has 1 aromatic carbocycles. The molecule has 5 heteroatoms. The van der Waals surface area contributed by atoms with Crippen molar-refractivity contribution in [2.45, 2.75) is 13.3 Å². The predicted molar refractivity (Wildman–Crippen MR) is 91.8 cm³/mol. The summed E-state index contributed by atoms with van der Waals surface area (Å²) in [6, 6.07) is 9.77. The van der Waals surface area contributed by atoms with Crippen LogP contribution in [0, 0.1) is 0 Å². The van der Waals surface area contributed by atoms with Gasteiger partial charge in [-0.15, -0.1) is 0 Å². The minimum absolute atomic E-state index is 0.113. The van der Waals surface area contributed by atoms with E-state index in [2.05, 4.69) is 17.3 Å². The number of rotatable bonds is 5. The Labute approximate surface area is 138 Å². The van der Waals surface area contributed by atoms with Crippen LogP contribution >= 0.6 is 0 Å². The van der Waals surface area contributed by atoms with Crippen LogP contribution in [-0.4, -0.2) is 61.4 Å². The molecule has 1 aliphatic heterocycles. The lowest BCUT2D eigenvalue weighted by atomic mass is 10.1. The first-order valence-electron chi connectivity index (χ1n) is 8.04. The van der Waals surface area contributed by atoms with Crippen LogP contribution < -0.4 is 5.32 Å². The van der Waals surface area contributed by atoms with Gasteiger partial charge in [-0.3, -0.25) is 9.59 Å². The number of amides is 2. The molecule has 2 rings (SSSR count). The third-order valence-electron chi connectivity index (χ3n) is 4.07. The van der Waals surface area contributed by atoms with Crippen LogP contribution in [0.15, 0.2) is 36.4 Å². The Balaban J connectivity index is 1.73. The van der Waals surface area contributed by atoms with Crippen molar-refractivity contribution in [2.75, 3.05) is 39.8 Å². The second-order valence-electron chi connectivity index (χ2n) is 5.92. The van der Waals surface area contributed by atoms with E-state index >= 15 is 0 Å². The molecule has 1 N–H and O–H groups in total. The monoisotopic (exact) mass is 315 g/mol. The Kier molecular flexibility index (Phi) is 6.35. The van der Waals surface area contributed by atoms with Gasteiger partial charge >= 0.3 is 0 Å². The van der Waals surface area contributed by atoms with Gasteiger partial charge in [-0.2, -0.15) is 0 Å². The SMILES string of the molecule is CC(=CC(=O)NCCC(=O)N1CCN(C)CC1)c1ccccc1. The molecule has 1 aromatic rings. The smallest absolute Gasteiger partial charge is 0.244 e. The first kappa shape index (κ1) is 17.2. The summed E-state index contributed by atoms with van der Waals surface area (Å²) in [5.41, 5.74) is 1.93. The van der Waals surface area contributed by atoms with E-state index in [0.717, 1.165) is 37.3 Å². The van der Waals surface area contributed by atoms with Gasteiger partial charge in [0.1, 0.15) is 0 Å². The average Bonchev–Trinajstić information content (AvgIpc) is 2.56. The van der Waals surface area contributed by atoms with E-state index in [1.807, 2.05) is 42.2 Å². The highest BCUT2D eigenvalue weighted by Gasteiger charge is 2.18. The Hall–Kier alpha value is -2.14. The van der Waals surface area contributed by atoms with Gasteiger partial charge in [-0.05, 0) is 25.1 Å². The summed E-state index contributed by atoms with van der Waals surface area (Å²) in [5, 5.41) is 2.79. The third kappa shape index (κ3) is 5.53. The van der Waals surface area contributed by atoms with Crippen molar-refractivity contribution in [1.29, 1.82) is 0 Å². The van der Waals surface area contributed by atoms with Crippen LogP contribution in [0.1, 0.15) is 18.9 Å². The topological polar surface area (TPSA) is 52.7 Å². The zero-order chi connectivity index (χ0) is 16.7. The van der Waals surface area contributed by atoms with Crippen molar-refractivity contribution in [3.8, 4) is 0 Å². The number of hydrogen-bond donors (Lipinski definition) is 1. The fourth-order valence-electron chi connectivity index (χ4n) is 2.54. The number of allylic oxidation sites excluding steroid dienone is 1. The maximum absolute atomic E-state index is 12.1. The van der Waals surface area contributed by atoms with Crippen molar-refractivity contribution in [1.82, 2.24) is 15.1 Å². The van der Waals surface area contributed by atoms with Crippen molar-refractivity contribution in [3.63, 3.8) is 0 Å². The predicted octanol–water partition coefficient (Wildman–Crippen LogP) is 1.37. The molecule has 0 aliphatic carbocycles. The number of piperazine rings is 1. The van der Waals surface area contributed by atoms with E-state index in [1.165, 1.54) is 0 Å². The van der Waals surface area contributed by atoms with Crippen LogP contribution in [0.2, 0.25) is 0 Å². The Morgan fingerprint density at radius 2 is 1.78 bits per heavy atom. The molecule has 0 unspecified atom stereocenters. The fourth-order valence-corrected chi connectivity index (χ4v) is 2.54. The number of hydrogen-bond acceptors (Lipinski definition) is 3. The summed E-state index contributed by atoms with van der Waals surface area (Å²) in [6.07, 6.45) is 1.93. The van der Waals surface area contributed by atoms with Crippen molar-refractivity contribution < 1.29 is 9.59 Å². The maximum atomic E-state index is 12.1. The molecule has 2 amide bonds. The zero-order valence-electron chi connectivity index (χ0n) is 13.9. The van der Waals surface area contributed by atoms with E-state index in [-0.39, 0.29) is 11.8 Å². The Morgan fingerprint density at radius 1 is 1.13 bits per heavy atom. The molecule has 1 aliphatic rings. The van der Waals surface area contributed by atoms with Gasteiger partial charge in [0, 0.05) is 45.2 Å². The lowest BCUT2D eigenvalue weighted by Gasteiger charge is -2.32. The second-order valence-corrected chi connectivity index (χ2v) is 5.92. The van der Waals surface area contributed by atoms with E-state index in [1.54, 1.807) is 6.08 Å². The molecule has 0 bridgehead atoms. The zero-order valence-corrected chi connectivity index (χ0v) is 13.9. The molecule has 0 atom stereocenters. The van der Waals surface area contributed by atoms with Gasteiger partial charge in [-0.25, -0.2) is 0 Å². The fraction of sp³-hybridized carbons (Fsp3) is 0.444. The van der Waals surface area contributed by atoms with Crippen LogP contribution in [0.5, 0.6) is 0 Å². The molecule has 5 nitrogen and oxygen atoms in total. The van der Waals surface area contributed by atoms with Crippen LogP contribution in [0.25, 0.3) is 5.57 Å². The van der Waals surface area contributed by atoms with Crippen molar-refractivity contribution in [2.24, 2.45) is 0 Å². The summed E-state index contributed by atoms with van der Waals surface area (Å²) in [4.78, 5) is 28.1. The van der Waals surface area contributed by atoms with Crippen LogP contribution in [0.4, 0.5) is 0 Å². The normalized spacial score (nSPS) is 16.3. The second kappa shape index (κ2) is 8.48. The van der Waals surface area contributed by atoms with Gasteiger partial charge in [0.25, 0.3) is 0 Å². The van der Waals surface area contributed by atoms with E-state index in [4.69, 9.17) is 0 Å². The minimum atomic E-state index is -0.155. The summed E-state index contributed by atoms with van der Waals surface area (Å²) in [5.74, 6) is -0.0420. The number of nitrogens with zero attached hydrogens (tertiary/aromatic N) is 2. The van der Waals surface area contributed by atoms with Gasteiger partial charge in [0.05, 0.1) is 0 Å². The van der Waals surface area contributed by atoms with Crippen molar-refractivity contribution >= 4 is 17.4 Å². The molecule has 0 aromatic heterocycles. The minimum Gasteiger partial charge on any atom is -0.352 e. The van der Waals surface area contributed by atoms with Gasteiger partial charge in [-0.1, -0.05) is 30.3 Å². The number of benzene rings is 1. The molecule has 1 saturated heterocycles. The lowest BCUT2D eigenvalue weighted by molar-refractivity contribution is -0.132. The van der Waals surface area contributed by atoms with Gasteiger partial charge in [0.15, 0.2) is 0 Å². The molecule has 23 heavy (non-hydrogen) atoms. The summed E-state index contributed by atoms with van der Waals surface area (Å²) in [7, 11) is 2.06. The van der Waals surface area contributed by atoms with Crippen LogP contribution in [-0.2, 0) is 9.59 Å². The van der Waals surface area contributed by atoms with Crippen molar-refractivity contribution in [3.05, 3.63) is 42.0 Å². The number of nitrogens with one attached hydrogen (secondary N) is 1. The van der Waals surface area contributed by atoms with Gasteiger partial charge in [0.2, 0.25) is 11.8 Å². The largest absolute Gasteiger partial charge is 0.352 e. The summed E-state index contributed by atoms with van der Waals surface area (Å²) < 4.78 is 0. The lowest BCUT2D eigenvalue weighted by Crippen LogP contribution is -2.47. The molecule has 0 spiro atoms. The first-order valence-corrected chi connectivity index (χ1v) is 8.04. The van der Waals surface area contributed by atoms with Gasteiger partial charge < -0.3 is 15.1 Å². The molecular weight excluding hydrogens is 290 g/mol. The number of likely N-dealkylation sites (N-methyl/N-ethyl adjacent to an activating group) is 1. The highest BCUT2D eigenvalue weighted by Crippen LogP contribution is 2.12. The molecule has 0 saturated carbocycles. The molecule has 1 heterocycles. The highest BCUT2D eigenvalue weighted by atomic mass is 16.2.